The Kier molecular flexibility index (Phi) is 6.85. The van der Waals surface area contributed by atoms with E-state index in [0.717, 1.165) is 40.0 Å². The number of thioether (sulfide) groups is 1. The van der Waals surface area contributed by atoms with Crippen LogP contribution < -0.4 is 4.74 Å². The maximum atomic E-state index is 12.9. The number of benzene rings is 3. The van der Waals surface area contributed by atoms with Gasteiger partial charge < -0.3 is 9.30 Å². The quantitative estimate of drug-likeness (QED) is 0.315. The molecule has 0 aliphatic carbocycles. The zero-order valence-corrected chi connectivity index (χ0v) is 20.4. The fourth-order valence-corrected chi connectivity index (χ4v) is 5.69. The van der Waals surface area contributed by atoms with Gasteiger partial charge in [0.2, 0.25) is 9.84 Å². The second-order valence-corrected chi connectivity index (χ2v) is 10.4. The van der Waals surface area contributed by atoms with Gasteiger partial charge >= 0.3 is 0 Å². The summed E-state index contributed by atoms with van der Waals surface area (Å²) in [5.41, 5.74) is 2.93. The molecule has 0 amide bonds. The Morgan fingerprint density at radius 2 is 1.55 bits per heavy atom. The number of hydrogen-bond acceptors (Lipinski definition) is 6. The Balaban J connectivity index is 1.51. The van der Waals surface area contributed by atoms with E-state index in [1.54, 1.807) is 55.3 Å². The van der Waals surface area contributed by atoms with Crippen LogP contribution >= 0.6 is 11.8 Å². The Morgan fingerprint density at radius 3 is 2.18 bits per heavy atom. The van der Waals surface area contributed by atoms with E-state index in [1.165, 1.54) is 0 Å². The van der Waals surface area contributed by atoms with Crippen LogP contribution in [0.1, 0.15) is 18.1 Å². The second-order valence-electron chi connectivity index (χ2n) is 7.50. The molecule has 0 aliphatic rings. The van der Waals surface area contributed by atoms with Gasteiger partial charge in [0, 0.05) is 12.3 Å². The molecule has 6 nitrogen and oxygen atoms in total. The molecule has 170 valence electrons. The third-order valence-corrected chi connectivity index (χ3v) is 8.14. The van der Waals surface area contributed by atoms with Crippen molar-refractivity contribution in [1.29, 1.82) is 0 Å². The smallest absolute Gasteiger partial charge is 0.206 e. The van der Waals surface area contributed by atoms with E-state index in [-0.39, 0.29) is 4.90 Å². The fraction of sp³-hybridized carbons (Fsp3) is 0.200. The molecule has 4 aromatic rings. The monoisotopic (exact) mass is 479 g/mol. The van der Waals surface area contributed by atoms with Gasteiger partial charge in [0.1, 0.15) is 5.75 Å². The summed E-state index contributed by atoms with van der Waals surface area (Å²) >= 11 is 1.56. The summed E-state index contributed by atoms with van der Waals surface area (Å²) < 4.78 is 33.3. The van der Waals surface area contributed by atoms with Crippen molar-refractivity contribution in [3.63, 3.8) is 0 Å². The van der Waals surface area contributed by atoms with E-state index in [9.17, 15) is 8.42 Å². The number of para-hydroxylation sites is 1. The average Bonchev–Trinajstić information content (AvgIpc) is 3.26. The Bertz CT molecular complexity index is 1350. The van der Waals surface area contributed by atoms with Crippen LogP contribution in [0.25, 0.3) is 11.4 Å². The van der Waals surface area contributed by atoms with Crippen molar-refractivity contribution >= 4 is 21.6 Å². The number of hydrogen-bond donors (Lipinski definition) is 0. The summed E-state index contributed by atoms with van der Waals surface area (Å²) in [6.45, 7) is 4.70. The topological polar surface area (TPSA) is 74.1 Å². The van der Waals surface area contributed by atoms with E-state index < -0.39 is 9.84 Å². The maximum Gasteiger partial charge on any atom is 0.206 e. The van der Waals surface area contributed by atoms with Crippen molar-refractivity contribution in [2.75, 3.05) is 7.11 Å². The molecular weight excluding hydrogens is 454 g/mol. The molecule has 0 bridgehead atoms. The summed E-state index contributed by atoms with van der Waals surface area (Å²) in [4.78, 5) is 0.588. The van der Waals surface area contributed by atoms with Crippen LogP contribution in [0.15, 0.2) is 87.7 Å². The Morgan fingerprint density at radius 1 is 0.909 bits per heavy atom. The largest absolute Gasteiger partial charge is 0.496 e. The molecule has 0 saturated heterocycles. The lowest BCUT2D eigenvalue weighted by atomic mass is 10.2. The predicted molar refractivity (Wildman–Crippen MR) is 130 cm³/mol. The summed E-state index contributed by atoms with van der Waals surface area (Å²) in [6, 6.07) is 21.7. The summed E-state index contributed by atoms with van der Waals surface area (Å²) in [7, 11) is -1.89. The van der Waals surface area contributed by atoms with Gasteiger partial charge in [-0.3, -0.25) is 0 Å². The number of ether oxygens (including phenoxy) is 1. The van der Waals surface area contributed by atoms with Gasteiger partial charge in [-0.2, -0.15) is 0 Å². The normalized spacial score (nSPS) is 11.5. The van der Waals surface area contributed by atoms with E-state index >= 15 is 0 Å². The average molecular weight is 480 g/mol. The molecule has 0 atom stereocenters. The fourth-order valence-electron chi connectivity index (χ4n) is 3.48. The summed E-state index contributed by atoms with van der Waals surface area (Å²) in [5.74, 6) is 2.16. The molecule has 0 unspecified atom stereocenters. The van der Waals surface area contributed by atoms with Crippen LogP contribution in [0.5, 0.6) is 5.75 Å². The number of nitrogens with zero attached hydrogens (tertiary/aromatic N) is 3. The molecule has 0 saturated carbocycles. The van der Waals surface area contributed by atoms with Crippen LogP contribution in [-0.2, 0) is 22.1 Å². The molecule has 33 heavy (non-hydrogen) atoms. The minimum Gasteiger partial charge on any atom is -0.496 e. The van der Waals surface area contributed by atoms with Gasteiger partial charge in [-0.15, -0.1) is 10.2 Å². The number of aromatic nitrogens is 3. The second kappa shape index (κ2) is 9.80. The highest BCUT2D eigenvalue weighted by Gasteiger charge is 2.18. The lowest BCUT2D eigenvalue weighted by Gasteiger charge is -2.10. The van der Waals surface area contributed by atoms with Crippen LogP contribution in [0.2, 0.25) is 0 Å². The lowest BCUT2D eigenvalue weighted by molar-refractivity contribution is 0.416. The molecule has 0 radical (unpaired) electrons. The van der Waals surface area contributed by atoms with Crippen LogP contribution in [0, 0.1) is 6.92 Å². The van der Waals surface area contributed by atoms with Gasteiger partial charge in [0.05, 0.1) is 22.5 Å². The number of aryl methyl sites for hydroxylation is 1. The van der Waals surface area contributed by atoms with E-state index in [1.807, 2.05) is 43.3 Å². The maximum absolute atomic E-state index is 12.9. The van der Waals surface area contributed by atoms with Crippen LogP contribution in [0.3, 0.4) is 0 Å². The van der Waals surface area contributed by atoms with Crippen molar-refractivity contribution in [2.45, 2.75) is 41.1 Å². The van der Waals surface area contributed by atoms with E-state index in [2.05, 4.69) is 21.7 Å². The highest BCUT2D eigenvalue weighted by Crippen LogP contribution is 2.32. The summed E-state index contributed by atoms with van der Waals surface area (Å²) in [6.07, 6.45) is 0. The molecule has 1 aromatic heterocycles. The highest BCUT2D eigenvalue weighted by molar-refractivity contribution is 7.98. The lowest BCUT2D eigenvalue weighted by Crippen LogP contribution is -2.02. The SMILES string of the molecule is CCn1c(SCc2ccc(S(=O)(=O)c3ccc(C)cc3)cc2)nnc1-c1ccccc1OC. The molecule has 8 heteroatoms. The van der Waals surface area contributed by atoms with E-state index in [0.29, 0.717) is 10.6 Å². The first-order chi connectivity index (χ1) is 15.9. The Labute approximate surface area is 198 Å². The van der Waals surface area contributed by atoms with Crippen molar-refractivity contribution in [3.8, 4) is 17.1 Å². The van der Waals surface area contributed by atoms with Crippen molar-refractivity contribution in [2.24, 2.45) is 0 Å². The van der Waals surface area contributed by atoms with Gasteiger partial charge in [0.25, 0.3) is 0 Å². The molecule has 3 aromatic carbocycles. The van der Waals surface area contributed by atoms with Crippen LogP contribution in [-0.4, -0.2) is 30.3 Å². The van der Waals surface area contributed by atoms with Gasteiger partial charge in [-0.05, 0) is 55.8 Å². The first-order valence-electron chi connectivity index (χ1n) is 10.5. The third-order valence-electron chi connectivity index (χ3n) is 5.31. The molecule has 0 spiro atoms. The Hall–Kier alpha value is -3.10. The van der Waals surface area contributed by atoms with Crippen molar-refractivity contribution in [1.82, 2.24) is 14.8 Å². The van der Waals surface area contributed by atoms with Gasteiger partial charge in [-0.25, -0.2) is 8.42 Å². The molecule has 1 heterocycles. The molecule has 0 fully saturated rings. The zero-order chi connectivity index (χ0) is 23.4. The highest BCUT2D eigenvalue weighted by atomic mass is 32.2. The number of sulfone groups is 1. The van der Waals surface area contributed by atoms with Crippen molar-refractivity contribution in [3.05, 3.63) is 83.9 Å². The molecule has 4 rings (SSSR count). The van der Waals surface area contributed by atoms with Crippen molar-refractivity contribution < 1.29 is 13.2 Å². The number of rotatable bonds is 8. The molecular formula is C25H25N3O3S2. The third kappa shape index (κ3) is 4.82. The van der Waals surface area contributed by atoms with Gasteiger partial charge in [0.15, 0.2) is 11.0 Å². The minimum atomic E-state index is -3.53. The first-order valence-corrected chi connectivity index (χ1v) is 13.0. The van der Waals surface area contributed by atoms with Crippen LogP contribution in [0.4, 0.5) is 0 Å². The minimum absolute atomic E-state index is 0.287. The zero-order valence-electron chi connectivity index (χ0n) is 18.7. The standard InChI is InChI=1S/C25H25N3O3S2/c1-4-28-24(22-7-5-6-8-23(22)31-3)26-27-25(28)32-17-19-11-15-21(16-12-19)33(29,30)20-13-9-18(2)10-14-20/h5-16H,4,17H2,1-3H3. The molecule has 0 aliphatic heterocycles. The molecule has 0 N–H and O–H groups in total. The first kappa shape index (κ1) is 23.1. The number of methoxy groups -OCH3 is 1. The summed E-state index contributed by atoms with van der Waals surface area (Å²) in [5, 5.41) is 9.58. The van der Waals surface area contributed by atoms with E-state index in [4.69, 9.17) is 4.74 Å². The predicted octanol–water partition coefficient (Wildman–Crippen LogP) is 5.41. The van der Waals surface area contributed by atoms with Gasteiger partial charge in [-0.1, -0.05) is 53.7 Å².